The molecular formula is C12H14FNO3. The predicted octanol–water partition coefficient (Wildman–Crippen LogP) is 1.64. The number of hydrogen-bond acceptors (Lipinski definition) is 4. The molecule has 4 nitrogen and oxygen atoms in total. The van der Waals surface area contributed by atoms with Crippen LogP contribution in [0.4, 0.5) is 4.39 Å². The zero-order valence-electron chi connectivity index (χ0n) is 9.33. The average Bonchev–Trinajstić information content (AvgIpc) is 2.28. The number of benzene rings is 1. The van der Waals surface area contributed by atoms with Crippen LogP contribution >= 0.6 is 0 Å². The van der Waals surface area contributed by atoms with E-state index in [4.69, 9.17) is 15.2 Å². The lowest BCUT2D eigenvalue weighted by Gasteiger charge is -2.40. The summed E-state index contributed by atoms with van der Waals surface area (Å²) in [5.74, 6) is -0.381. The lowest BCUT2D eigenvalue weighted by molar-refractivity contribution is 0.155. The summed E-state index contributed by atoms with van der Waals surface area (Å²) in [6.07, 6.45) is 2.35. The van der Waals surface area contributed by atoms with Gasteiger partial charge in [0.25, 0.3) is 0 Å². The molecule has 0 atom stereocenters. The van der Waals surface area contributed by atoms with E-state index in [1.807, 2.05) is 0 Å². The molecule has 3 N–H and O–H groups in total. The molecule has 1 fully saturated rings. The number of rotatable bonds is 1. The van der Waals surface area contributed by atoms with Crippen molar-refractivity contribution in [3.63, 3.8) is 0 Å². The van der Waals surface area contributed by atoms with E-state index in [1.54, 1.807) is 0 Å². The highest BCUT2D eigenvalue weighted by atomic mass is 19.1. The lowest BCUT2D eigenvalue weighted by Crippen LogP contribution is -2.44. The summed E-state index contributed by atoms with van der Waals surface area (Å²) in [7, 11) is 0. The van der Waals surface area contributed by atoms with E-state index in [2.05, 4.69) is 0 Å². The van der Waals surface area contributed by atoms with Gasteiger partial charge in [-0.3, -0.25) is 0 Å². The monoisotopic (exact) mass is 239 g/mol. The number of phenols is 1. The lowest BCUT2D eigenvalue weighted by atomic mass is 9.72. The minimum atomic E-state index is -0.729. The van der Waals surface area contributed by atoms with Crippen LogP contribution in [-0.4, -0.2) is 18.3 Å². The Bertz CT molecular complexity index is 471. The van der Waals surface area contributed by atoms with Gasteiger partial charge >= 0.3 is 0 Å². The summed E-state index contributed by atoms with van der Waals surface area (Å²) >= 11 is 0. The Hall–Kier alpha value is -1.49. The van der Waals surface area contributed by atoms with Gasteiger partial charge in [-0.1, -0.05) is 0 Å². The van der Waals surface area contributed by atoms with Crippen LogP contribution in [0.1, 0.15) is 24.8 Å². The van der Waals surface area contributed by atoms with Crippen LogP contribution in [0.2, 0.25) is 0 Å². The number of phenolic OH excluding ortho intramolecular Hbond substituents is 1. The van der Waals surface area contributed by atoms with Crippen LogP contribution in [0, 0.1) is 5.82 Å². The third-order valence-electron chi connectivity index (χ3n) is 3.49. The van der Waals surface area contributed by atoms with Crippen LogP contribution in [0.3, 0.4) is 0 Å². The van der Waals surface area contributed by atoms with Crippen molar-refractivity contribution < 1.29 is 19.0 Å². The van der Waals surface area contributed by atoms with E-state index < -0.39 is 17.1 Å². The third kappa shape index (κ3) is 1.45. The highest BCUT2D eigenvalue weighted by Gasteiger charge is 2.42. The molecule has 2 aliphatic rings. The average molecular weight is 239 g/mol. The molecule has 0 aromatic heterocycles. The summed E-state index contributed by atoms with van der Waals surface area (Å²) in [6.45, 7) is 0.773. The van der Waals surface area contributed by atoms with Gasteiger partial charge < -0.3 is 20.3 Å². The maximum Gasteiger partial charge on any atom is 0.173 e. The van der Waals surface area contributed by atoms with Crippen molar-refractivity contribution in [1.29, 1.82) is 0 Å². The number of ether oxygens (including phenoxy) is 2. The second kappa shape index (κ2) is 3.50. The first kappa shape index (κ1) is 10.7. The van der Waals surface area contributed by atoms with Crippen molar-refractivity contribution in [2.75, 3.05) is 13.2 Å². The van der Waals surface area contributed by atoms with E-state index in [0.717, 1.165) is 6.42 Å². The summed E-state index contributed by atoms with van der Waals surface area (Å²) in [4.78, 5) is 0. The Morgan fingerprint density at radius 1 is 1.29 bits per heavy atom. The van der Waals surface area contributed by atoms with E-state index in [-0.39, 0.29) is 5.56 Å². The molecule has 1 aliphatic heterocycles. The molecule has 1 aliphatic carbocycles. The molecule has 17 heavy (non-hydrogen) atoms. The second-order valence-corrected chi connectivity index (χ2v) is 4.62. The normalized spacial score (nSPS) is 20.8. The van der Waals surface area contributed by atoms with Gasteiger partial charge in [0.2, 0.25) is 0 Å². The summed E-state index contributed by atoms with van der Waals surface area (Å²) in [5, 5.41) is 9.57. The van der Waals surface area contributed by atoms with Crippen LogP contribution in [0.25, 0.3) is 0 Å². The van der Waals surface area contributed by atoms with Crippen molar-refractivity contribution in [2.45, 2.75) is 24.8 Å². The summed E-state index contributed by atoms with van der Waals surface area (Å²) in [5.41, 5.74) is 5.67. The molecule has 1 aromatic carbocycles. The molecule has 0 saturated heterocycles. The first-order valence-corrected chi connectivity index (χ1v) is 5.72. The Labute approximate surface area is 98.1 Å². The fourth-order valence-electron chi connectivity index (χ4n) is 2.40. The Morgan fingerprint density at radius 2 is 2.00 bits per heavy atom. The van der Waals surface area contributed by atoms with Crippen LogP contribution in [0.15, 0.2) is 6.07 Å². The predicted molar refractivity (Wildman–Crippen MR) is 58.8 cm³/mol. The quantitative estimate of drug-likeness (QED) is 0.782. The molecule has 0 radical (unpaired) electrons. The minimum absolute atomic E-state index is 0.262. The maximum absolute atomic E-state index is 14.0. The first-order chi connectivity index (χ1) is 8.12. The van der Waals surface area contributed by atoms with Gasteiger partial charge in [0, 0.05) is 11.6 Å². The van der Waals surface area contributed by atoms with Crippen molar-refractivity contribution in [1.82, 2.24) is 0 Å². The standard InChI is InChI=1S/C12H14FNO3/c13-10-7(15)6-8-11(17-5-4-16-8)9(10)12(14)2-1-3-12/h6,15H,1-5,14H2. The Kier molecular flexibility index (Phi) is 2.19. The van der Waals surface area contributed by atoms with Gasteiger partial charge in [-0.25, -0.2) is 4.39 Å². The molecule has 0 unspecified atom stereocenters. The fourth-order valence-corrected chi connectivity index (χ4v) is 2.40. The molecule has 5 heteroatoms. The third-order valence-corrected chi connectivity index (χ3v) is 3.49. The summed E-state index contributed by atoms with van der Waals surface area (Å²) < 4.78 is 24.9. The Balaban J connectivity index is 2.20. The molecule has 1 heterocycles. The Morgan fingerprint density at radius 3 is 2.65 bits per heavy atom. The maximum atomic E-state index is 14.0. The first-order valence-electron chi connectivity index (χ1n) is 5.72. The van der Waals surface area contributed by atoms with Crippen LogP contribution in [0.5, 0.6) is 17.2 Å². The second-order valence-electron chi connectivity index (χ2n) is 4.62. The summed E-state index contributed by atoms with van der Waals surface area (Å²) in [6, 6.07) is 1.25. The number of fused-ring (bicyclic) bond motifs is 1. The van der Waals surface area contributed by atoms with Crippen LogP contribution < -0.4 is 15.2 Å². The molecule has 1 saturated carbocycles. The topological polar surface area (TPSA) is 64.7 Å². The highest BCUT2D eigenvalue weighted by Crippen LogP contribution is 2.50. The van der Waals surface area contributed by atoms with E-state index in [1.165, 1.54) is 6.07 Å². The molecule has 3 rings (SSSR count). The molecular weight excluding hydrogens is 225 g/mol. The van der Waals surface area contributed by atoms with Gasteiger partial charge in [0.15, 0.2) is 23.1 Å². The van der Waals surface area contributed by atoms with Gasteiger partial charge in [-0.05, 0) is 19.3 Å². The van der Waals surface area contributed by atoms with Gasteiger partial charge in [-0.2, -0.15) is 0 Å². The number of halogens is 1. The highest BCUT2D eigenvalue weighted by molar-refractivity contribution is 5.56. The smallest absolute Gasteiger partial charge is 0.173 e. The zero-order chi connectivity index (χ0) is 12.0. The molecule has 0 spiro atoms. The van der Waals surface area contributed by atoms with E-state index in [0.29, 0.717) is 37.6 Å². The number of nitrogens with two attached hydrogens (primary N) is 1. The van der Waals surface area contributed by atoms with Crippen molar-refractivity contribution in [3.8, 4) is 17.2 Å². The SMILES string of the molecule is NC1(c2c(F)c(O)cc3c2OCCO3)CCC1. The molecule has 92 valence electrons. The van der Waals surface area contributed by atoms with Gasteiger partial charge in [0.1, 0.15) is 13.2 Å². The van der Waals surface area contributed by atoms with Gasteiger partial charge in [-0.15, -0.1) is 0 Å². The largest absolute Gasteiger partial charge is 0.505 e. The molecule has 0 amide bonds. The van der Waals surface area contributed by atoms with Crippen LogP contribution in [-0.2, 0) is 5.54 Å². The van der Waals surface area contributed by atoms with Crippen molar-refractivity contribution in [2.24, 2.45) is 5.73 Å². The number of aromatic hydroxyl groups is 1. The fraction of sp³-hybridized carbons (Fsp3) is 0.500. The number of hydrogen-bond donors (Lipinski definition) is 2. The van der Waals surface area contributed by atoms with E-state index >= 15 is 0 Å². The molecule has 0 bridgehead atoms. The molecule has 1 aromatic rings. The zero-order valence-corrected chi connectivity index (χ0v) is 9.33. The minimum Gasteiger partial charge on any atom is -0.505 e. The van der Waals surface area contributed by atoms with Gasteiger partial charge in [0.05, 0.1) is 5.56 Å². The van der Waals surface area contributed by atoms with Crippen molar-refractivity contribution >= 4 is 0 Å². The van der Waals surface area contributed by atoms with E-state index in [9.17, 15) is 9.50 Å². The van der Waals surface area contributed by atoms with Crippen molar-refractivity contribution in [3.05, 3.63) is 17.4 Å².